The molecule has 31 heavy (non-hydrogen) atoms. The molecule has 3 atom stereocenters. The van der Waals surface area contributed by atoms with E-state index in [1.165, 1.54) is 19.3 Å². The zero-order chi connectivity index (χ0) is 22.1. The zero-order valence-electron chi connectivity index (χ0n) is 18.0. The molecular weight excluding hydrogens is 418 g/mol. The molecule has 0 aliphatic carbocycles. The molecule has 0 bridgehead atoms. The van der Waals surface area contributed by atoms with E-state index >= 15 is 0 Å². The standard InChI is InChI=1S/C22H35N3O5S/c26-17-21-20(24-22(27)12-16-25-14-5-2-6-15-25)10-9-18(30-21)11-13-23-31(28,29)19-7-3-1-4-8-19/h1,3-4,7-8,18,20-21,23,26H,2,5-6,9-17H2,(H,24,27)/t18-,20-,21+/m0/s1. The Bertz CT molecular complexity index is 784. The van der Waals surface area contributed by atoms with Gasteiger partial charge in [-0.2, -0.15) is 0 Å². The fourth-order valence-electron chi connectivity index (χ4n) is 4.27. The van der Waals surface area contributed by atoms with Crippen molar-refractivity contribution in [3.05, 3.63) is 30.3 Å². The Morgan fingerprint density at radius 2 is 1.87 bits per heavy atom. The van der Waals surface area contributed by atoms with Gasteiger partial charge in [0.25, 0.3) is 0 Å². The fourth-order valence-corrected chi connectivity index (χ4v) is 5.34. The maximum Gasteiger partial charge on any atom is 0.240 e. The van der Waals surface area contributed by atoms with Gasteiger partial charge in [-0.05, 0) is 57.3 Å². The minimum Gasteiger partial charge on any atom is -0.394 e. The molecule has 2 heterocycles. The predicted octanol–water partition coefficient (Wildman–Crippen LogP) is 1.26. The van der Waals surface area contributed by atoms with Crippen molar-refractivity contribution >= 4 is 15.9 Å². The molecule has 2 fully saturated rings. The van der Waals surface area contributed by atoms with Crippen LogP contribution in [0.4, 0.5) is 0 Å². The molecule has 2 saturated heterocycles. The van der Waals surface area contributed by atoms with Crippen molar-refractivity contribution in [2.45, 2.75) is 68.1 Å². The van der Waals surface area contributed by atoms with E-state index in [0.717, 1.165) is 19.6 Å². The van der Waals surface area contributed by atoms with E-state index in [1.54, 1.807) is 30.3 Å². The van der Waals surface area contributed by atoms with Crippen LogP contribution in [0, 0.1) is 0 Å². The normalized spacial score (nSPS) is 25.3. The summed E-state index contributed by atoms with van der Waals surface area (Å²) in [6.07, 6.45) is 5.44. The summed E-state index contributed by atoms with van der Waals surface area (Å²) >= 11 is 0. The highest BCUT2D eigenvalue weighted by Gasteiger charge is 2.32. The Morgan fingerprint density at radius 1 is 1.13 bits per heavy atom. The fraction of sp³-hybridized carbons (Fsp3) is 0.682. The number of rotatable bonds is 10. The van der Waals surface area contributed by atoms with Gasteiger partial charge in [-0.3, -0.25) is 4.79 Å². The van der Waals surface area contributed by atoms with Crippen molar-refractivity contribution in [3.8, 4) is 0 Å². The van der Waals surface area contributed by atoms with Crippen LogP contribution in [0.1, 0.15) is 44.9 Å². The molecule has 3 rings (SSSR count). The summed E-state index contributed by atoms with van der Waals surface area (Å²) < 4.78 is 33.2. The number of aliphatic hydroxyl groups excluding tert-OH is 1. The van der Waals surface area contributed by atoms with E-state index in [0.29, 0.717) is 25.7 Å². The van der Waals surface area contributed by atoms with Gasteiger partial charge in [0.15, 0.2) is 0 Å². The molecule has 3 N–H and O–H groups in total. The Balaban J connectivity index is 1.39. The lowest BCUT2D eigenvalue weighted by atomic mass is 9.97. The van der Waals surface area contributed by atoms with E-state index in [1.807, 2.05) is 0 Å². The molecule has 0 aromatic heterocycles. The second-order valence-electron chi connectivity index (χ2n) is 8.38. The van der Waals surface area contributed by atoms with Gasteiger partial charge in [0.05, 0.1) is 23.6 Å². The second-order valence-corrected chi connectivity index (χ2v) is 10.1. The van der Waals surface area contributed by atoms with Crippen LogP contribution in [0.5, 0.6) is 0 Å². The van der Waals surface area contributed by atoms with Gasteiger partial charge in [0.2, 0.25) is 15.9 Å². The molecule has 1 aromatic carbocycles. The van der Waals surface area contributed by atoms with Crippen molar-refractivity contribution in [3.63, 3.8) is 0 Å². The van der Waals surface area contributed by atoms with Crippen LogP contribution in [0.15, 0.2) is 35.2 Å². The van der Waals surface area contributed by atoms with Gasteiger partial charge in [-0.1, -0.05) is 24.6 Å². The highest BCUT2D eigenvalue weighted by molar-refractivity contribution is 7.89. The van der Waals surface area contributed by atoms with Crippen LogP contribution in [-0.2, 0) is 19.6 Å². The largest absolute Gasteiger partial charge is 0.394 e. The molecule has 2 aliphatic rings. The van der Waals surface area contributed by atoms with Gasteiger partial charge in [0.1, 0.15) is 6.10 Å². The Kier molecular flexibility index (Phi) is 9.28. The summed E-state index contributed by atoms with van der Waals surface area (Å²) in [7, 11) is -3.54. The quantitative estimate of drug-likeness (QED) is 0.492. The number of sulfonamides is 1. The molecule has 2 aliphatic heterocycles. The minimum absolute atomic E-state index is 0.00769. The smallest absolute Gasteiger partial charge is 0.240 e. The lowest BCUT2D eigenvalue weighted by Crippen LogP contribution is -2.51. The lowest BCUT2D eigenvalue weighted by molar-refractivity contribution is -0.128. The average molecular weight is 454 g/mol. The van der Waals surface area contributed by atoms with Crippen molar-refractivity contribution in [1.29, 1.82) is 0 Å². The van der Waals surface area contributed by atoms with Gasteiger partial charge in [-0.15, -0.1) is 0 Å². The summed E-state index contributed by atoms with van der Waals surface area (Å²) in [6.45, 7) is 2.98. The SMILES string of the molecule is O=C(CCN1CCCCC1)N[C@H]1CC[C@@H](CCNS(=O)(=O)c2ccccc2)O[C@@H]1CO. The topological polar surface area (TPSA) is 108 Å². The molecule has 8 nitrogen and oxygen atoms in total. The van der Waals surface area contributed by atoms with E-state index in [2.05, 4.69) is 14.9 Å². The third-order valence-electron chi connectivity index (χ3n) is 6.06. The first-order chi connectivity index (χ1) is 15.0. The van der Waals surface area contributed by atoms with Crippen LogP contribution in [0.3, 0.4) is 0 Å². The number of carbonyl (C=O) groups is 1. The molecule has 0 radical (unpaired) electrons. The Labute approximate surface area is 185 Å². The summed E-state index contributed by atoms with van der Waals surface area (Å²) in [5.74, 6) is -0.00769. The van der Waals surface area contributed by atoms with Crippen molar-refractivity contribution in [1.82, 2.24) is 14.9 Å². The summed E-state index contributed by atoms with van der Waals surface area (Å²) in [5, 5.41) is 12.8. The zero-order valence-corrected chi connectivity index (χ0v) is 18.9. The van der Waals surface area contributed by atoms with Crippen LogP contribution in [0.2, 0.25) is 0 Å². The van der Waals surface area contributed by atoms with E-state index in [4.69, 9.17) is 4.74 Å². The van der Waals surface area contributed by atoms with Crippen LogP contribution in [0.25, 0.3) is 0 Å². The van der Waals surface area contributed by atoms with E-state index in [-0.39, 0.29) is 36.1 Å². The number of piperidine rings is 1. The van der Waals surface area contributed by atoms with Crippen molar-refractivity contribution in [2.24, 2.45) is 0 Å². The number of likely N-dealkylation sites (tertiary alicyclic amines) is 1. The van der Waals surface area contributed by atoms with Gasteiger partial charge in [0, 0.05) is 19.5 Å². The molecule has 0 unspecified atom stereocenters. The van der Waals surface area contributed by atoms with Crippen LogP contribution < -0.4 is 10.0 Å². The number of carbonyl (C=O) groups excluding carboxylic acids is 1. The van der Waals surface area contributed by atoms with E-state index < -0.39 is 16.1 Å². The maximum atomic E-state index is 12.4. The predicted molar refractivity (Wildman–Crippen MR) is 118 cm³/mol. The molecule has 174 valence electrons. The number of hydrogen-bond donors (Lipinski definition) is 3. The van der Waals surface area contributed by atoms with E-state index in [9.17, 15) is 18.3 Å². The number of benzene rings is 1. The average Bonchev–Trinajstić information content (AvgIpc) is 2.80. The number of nitrogens with zero attached hydrogens (tertiary/aromatic N) is 1. The minimum atomic E-state index is -3.54. The highest BCUT2D eigenvalue weighted by Crippen LogP contribution is 2.22. The summed E-state index contributed by atoms with van der Waals surface area (Å²) in [4.78, 5) is 14.9. The summed E-state index contributed by atoms with van der Waals surface area (Å²) in [5.41, 5.74) is 0. The second kappa shape index (κ2) is 11.9. The number of ether oxygens (including phenoxy) is 1. The lowest BCUT2D eigenvalue weighted by Gasteiger charge is -2.36. The van der Waals surface area contributed by atoms with Gasteiger partial charge >= 0.3 is 0 Å². The molecule has 0 saturated carbocycles. The number of aliphatic hydroxyl groups is 1. The molecule has 0 spiro atoms. The number of hydrogen-bond acceptors (Lipinski definition) is 6. The summed E-state index contributed by atoms with van der Waals surface area (Å²) in [6, 6.07) is 8.04. The van der Waals surface area contributed by atoms with Crippen molar-refractivity contribution in [2.75, 3.05) is 32.8 Å². The Morgan fingerprint density at radius 3 is 2.58 bits per heavy atom. The molecule has 1 aromatic rings. The highest BCUT2D eigenvalue weighted by atomic mass is 32.2. The van der Waals surface area contributed by atoms with Crippen molar-refractivity contribution < 1.29 is 23.1 Å². The van der Waals surface area contributed by atoms with Gasteiger partial charge < -0.3 is 20.1 Å². The molecule has 1 amide bonds. The number of nitrogens with one attached hydrogen (secondary N) is 2. The third kappa shape index (κ3) is 7.54. The Hall–Kier alpha value is -1.52. The third-order valence-corrected chi connectivity index (χ3v) is 7.53. The van der Waals surface area contributed by atoms with Crippen LogP contribution in [-0.4, -0.2) is 75.4 Å². The van der Waals surface area contributed by atoms with Gasteiger partial charge in [-0.25, -0.2) is 13.1 Å². The first-order valence-corrected chi connectivity index (χ1v) is 12.8. The molecule has 9 heteroatoms. The maximum absolute atomic E-state index is 12.4. The first-order valence-electron chi connectivity index (χ1n) is 11.3. The number of amides is 1. The first kappa shape index (κ1) is 24.1. The monoisotopic (exact) mass is 453 g/mol. The molecular formula is C22H35N3O5S. The van der Waals surface area contributed by atoms with Crippen LogP contribution >= 0.6 is 0 Å².